The molecule has 1 unspecified atom stereocenters. The molecule has 0 N–H and O–H groups in total. The number of amides is 1. The largest absolute Gasteiger partial charge is 0.331 e. The first-order chi connectivity index (χ1) is 19.8. The number of fused-ring (bicyclic) bond motifs is 1. The van der Waals surface area contributed by atoms with Crippen molar-refractivity contribution >= 4 is 33.2 Å². The lowest BCUT2D eigenvalue weighted by atomic mass is 9.85. The van der Waals surface area contributed by atoms with Gasteiger partial charge < -0.3 is 4.90 Å². The molecule has 1 aliphatic rings. The Balaban J connectivity index is 1.54. The molecule has 1 aliphatic heterocycles. The molecule has 0 bridgehead atoms. The zero-order valence-corrected chi connectivity index (χ0v) is 25.6. The number of para-hydroxylation sites is 1. The van der Waals surface area contributed by atoms with Gasteiger partial charge in [-0.15, -0.1) is 0 Å². The van der Waals surface area contributed by atoms with E-state index in [1.54, 1.807) is 53.9 Å². The van der Waals surface area contributed by atoms with E-state index in [9.17, 15) is 22.4 Å². The summed E-state index contributed by atoms with van der Waals surface area (Å²) in [5.74, 6) is -0.875. The van der Waals surface area contributed by atoms with Crippen molar-refractivity contribution in [3.05, 3.63) is 110 Å². The maximum Gasteiger partial charge on any atom is 0.296 e. The van der Waals surface area contributed by atoms with Crippen LogP contribution in [0.4, 0.5) is 10.1 Å². The van der Waals surface area contributed by atoms with Crippen LogP contribution in [-0.4, -0.2) is 42.2 Å². The van der Waals surface area contributed by atoms with Crippen molar-refractivity contribution in [2.45, 2.75) is 38.1 Å². The smallest absolute Gasteiger partial charge is 0.296 e. The minimum atomic E-state index is -4.28. The Morgan fingerprint density at radius 1 is 1.07 bits per heavy atom. The number of carbonyl (C=O) groups is 1. The van der Waals surface area contributed by atoms with Crippen molar-refractivity contribution in [3.63, 3.8) is 0 Å². The van der Waals surface area contributed by atoms with Crippen LogP contribution >= 0.6 is 11.6 Å². The van der Waals surface area contributed by atoms with Gasteiger partial charge in [0.15, 0.2) is 0 Å². The van der Waals surface area contributed by atoms with Crippen molar-refractivity contribution in [1.82, 2.24) is 14.3 Å². The predicted octanol–water partition coefficient (Wildman–Crippen LogP) is 5.50. The van der Waals surface area contributed by atoms with Crippen LogP contribution < -0.4 is 9.86 Å². The molecule has 42 heavy (non-hydrogen) atoms. The molecule has 0 fully saturated rings. The predicted molar refractivity (Wildman–Crippen MR) is 162 cm³/mol. The fourth-order valence-corrected chi connectivity index (χ4v) is 7.21. The molecule has 1 atom stereocenters. The maximum atomic E-state index is 14.2. The minimum Gasteiger partial charge on any atom is -0.331 e. The molecule has 0 aliphatic carbocycles. The van der Waals surface area contributed by atoms with Crippen LogP contribution in [0.3, 0.4) is 0 Å². The second kappa shape index (κ2) is 11.1. The first kappa shape index (κ1) is 29.6. The van der Waals surface area contributed by atoms with E-state index in [-0.39, 0.29) is 32.9 Å². The molecule has 220 valence electrons. The molecule has 3 aromatic carbocycles. The molecule has 1 amide bonds. The van der Waals surface area contributed by atoms with Crippen molar-refractivity contribution in [2.24, 2.45) is 13.0 Å². The molecule has 5 rings (SSSR count). The number of rotatable bonds is 6. The summed E-state index contributed by atoms with van der Waals surface area (Å²) >= 11 is 6.48. The summed E-state index contributed by atoms with van der Waals surface area (Å²) < 4.78 is 45.9. The topological polar surface area (TPSA) is 84.6 Å². The number of hydrogen-bond donors (Lipinski definition) is 0. The van der Waals surface area contributed by atoms with Crippen LogP contribution in [0.1, 0.15) is 47.1 Å². The Morgan fingerprint density at radius 3 is 2.43 bits per heavy atom. The van der Waals surface area contributed by atoms with E-state index in [0.717, 1.165) is 15.4 Å². The van der Waals surface area contributed by atoms with E-state index in [0.29, 0.717) is 24.3 Å². The number of carbonyl (C=O) groups excluding carboxylic acids is 1. The van der Waals surface area contributed by atoms with Gasteiger partial charge in [-0.25, -0.2) is 17.5 Å². The van der Waals surface area contributed by atoms with Gasteiger partial charge in [0.25, 0.3) is 21.5 Å². The number of anilines is 1. The van der Waals surface area contributed by atoms with Crippen molar-refractivity contribution < 1.29 is 17.6 Å². The van der Waals surface area contributed by atoms with Crippen LogP contribution in [0.5, 0.6) is 0 Å². The van der Waals surface area contributed by atoms with E-state index in [1.807, 2.05) is 19.9 Å². The third-order valence-electron chi connectivity index (χ3n) is 7.94. The molecule has 8 nitrogen and oxygen atoms in total. The molecule has 0 saturated heterocycles. The Labute approximate surface area is 249 Å². The van der Waals surface area contributed by atoms with Gasteiger partial charge >= 0.3 is 0 Å². The second-order valence-electron chi connectivity index (χ2n) is 10.8. The molecule has 0 spiro atoms. The van der Waals surface area contributed by atoms with Crippen molar-refractivity contribution in [2.75, 3.05) is 17.9 Å². The van der Waals surface area contributed by atoms with Gasteiger partial charge in [0.05, 0.1) is 32.9 Å². The molecular formula is C31H32ClFN4O4S. The molecule has 4 aromatic rings. The first-order valence-electron chi connectivity index (χ1n) is 13.6. The number of hydrogen-bond acceptors (Lipinski definition) is 4. The summed E-state index contributed by atoms with van der Waals surface area (Å²) in [6, 6.07) is 17.1. The minimum absolute atomic E-state index is 0.0151. The summed E-state index contributed by atoms with van der Waals surface area (Å²) in [5, 5.41) is 0.0940. The fourth-order valence-electron chi connectivity index (χ4n) is 5.74. The average molecular weight is 611 g/mol. The van der Waals surface area contributed by atoms with E-state index >= 15 is 0 Å². The molecular weight excluding hydrogens is 579 g/mol. The second-order valence-corrected chi connectivity index (χ2v) is 13.2. The molecule has 0 radical (unpaired) electrons. The first-order valence-corrected chi connectivity index (χ1v) is 15.4. The zero-order valence-electron chi connectivity index (χ0n) is 24.0. The number of sulfonamides is 1. The summed E-state index contributed by atoms with van der Waals surface area (Å²) in [6.45, 7) is 5.94. The van der Waals surface area contributed by atoms with Crippen LogP contribution in [0.2, 0.25) is 5.02 Å². The van der Waals surface area contributed by atoms with E-state index in [2.05, 4.69) is 0 Å². The van der Waals surface area contributed by atoms with Crippen LogP contribution in [-0.2, 0) is 23.5 Å². The highest BCUT2D eigenvalue weighted by molar-refractivity contribution is 7.92. The Morgan fingerprint density at radius 2 is 1.76 bits per heavy atom. The number of nitrogens with zero attached hydrogens (tertiary/aromatic N) is 4. The summed E-state index contributed by atoms with van der Waals surface area (Å²) in [7, 11) is -1.29. The molecule has 1 aromatic heterocycles. The van der Waals surface area contributed by atoms with Gasteiger partial charge in [0.1, 0.15) is 11.5 Å². The van der Waals surface area contributed by atoms with Crippen LogP contribution in [0, 0.1) is 18.7 Å². The maximum absolute atomic E-state index is 14.2. The van der Waals surface area contributed by atoms with Gasteiger partial charge in [0.2, 0.25) is 0 Å². The number of halogens is 2. The summed E-state index contributed by atoms with van der Waals surface area (Å²) in [4.78, 5) is 28.9. The lowest BCUT2D eigenvalue weighted by molar-refractivity contribution is 0.0602. The lowest BCUT2D eigenvalue weighted by Gasteiger charge is -2.40. The van der Waals surface area contributed by atoms with Gasteiger partial charge in [-0.1, -0.05) is 49.7 Å². The Hall–Kier alpha value is -3.89. The Bertz CT molecular complexity index is 1850. The van der Waals surface area contributed by atoms with Crippen LogP contribution in [0.25, 0.3) is 5.69 Å². The van der Waals surface area contributed by atoms with Gasteiger partial charge in [0, 0.05) is 20.6 Å². The van der Waals surface area contributed by atoms with E-state index < -0.39 is 27.5 Å². The summed E-state index contributed by atoms with van der Waals surface area (Å²) in [5.41, 5.74) is 2.24. The van der Waals surface area contributed by atoms with Crippen molar-refractivity contribution in [3.8, 4) is 5.69 Å². The fraction of sp³-hybridized carbons (Fsp3) is 0.290. The monoisotopic (exact) mass is 610 g/mol. The lowest BCUT2D eigenvalue weighted by Crippen LogP contribution is -2.42. The SMILES string of the molecule is Cc1c(N(C)S(=O)(=O)c2ccc(Cl)c(C(=O)N3CCc4ccc(F)cc4C3C(C)C)c2)c(=O)n(-c2ccccc2)n1C. The van der Waals surface area contributed by atoms with Gasteiger partial charge in [-0.05, 0) is 72.9 Å². The zero-order chi connectivity index (χ0) is 30.5. The highest BCUT2D eigenvalue weighted by atomic mass is 35.5. The highest BCUT2D eigenvalue weighted by Crippen LogP contribution is 2.38. The normalized spacial score (nSPS) is 15.1. The molecule has 2 heterocycles. The van der Waals surface area contributed by atoms with E-state index in [1.165, 1.54) is 42.1 Å². The molecule has 11 heteroatoms. The van der Waals surface area contributed by atoms with Crippen molar-refractivity contribution in [1.29, 1.82) is 0 Å². The van der Waals surface area contributed by atoms with Crippen LogP contribution in [0.15, 0.2) is 76.4 Å². The third-order valence-corrected chi connectivity index (χ3v) is 10.0. The standard InChI is InChI=1S/C31H32ClFN4O4S/c1-19(2)28-25-17-22(33)12-11-21(25)15-16-36(28)30(38)26-18-24(13-14-27(26)32)42(40,41)35(5)29-20(3)34(4)37(31(29)39)23-9-7-6-8-10-23/h6-14,17-19,28H,15-16H2,1-5H3. The Kier molecular flexibility index (Phi) is 7.80. The van der Waals surface area contributed by atoms with Gasteiger partial charge in [-0.3, -0.25) is 18.6 Å². The summed E-state index contributed by atoms with van der Waals surface area (Å²) in [6.07, 6.45) is 0.532. The highest BCUT2D eigenvalue weighted by Gasteiger charge is 2.35. The third kappa shape index (κ3) is 4.92. The quantitative estimate of drug-likeness (QED) is 0.289. The average Bonchev–Trinajstić information content (AvgIpc) is 3.18. The van der Waals surface area contributed by atoms with E-state index in [4.69, 9.17) is 11.6 Å². The van der Waals surface area contributed by atoms with Gasteiger partial charge in [-0.2, -0.15) is 0 Å². The number of benzene rings is 3. The molecule has 0 saturated carbocycles. The number of aromatic nitrogens is 2.